The molecule has 1 aromatic carbocycles. The second-order valence-corrected chi connectivity index (χ2v) is 6.65. The molecule has 2 aromatic rings. The smallest absolute Gasteiger partial charge is 0.134 e. The summed E-state index contributed by atoms with van der Waals surface area (Å²) in [6.07, 6.45) is 6.37. The molecule has 1 aliphatic rings. The summed E-state index contributed by atoms with van der Waals surface area (Å²) in [4.78, 5) is 0. The Morgan fingerprint density at radius 3 is 2.86 bits per heavy atom. The van der Waals surface area contributed by atoms with E-state index in [1.165, 1.54) is 36.6 Å². The maximum Gasteiger partial charge on any atom is 0.134 e. The highest BCUT2D eigenvalue weighted by Gasteiger charge is 2.24. The van der Waals surface area contributed by atoms with E-state index in [4.69, 9.17) is 4.42 Å². The number of rotatable bonds is 4. The van der Waals surface area contributed by atoms with Gasteiger partial charge in [0.2, 0.25) is 0 Å². The lowest BCUT2D eigenvalue weighted by molar-refractivity contribution is 0.275. The van der Waals surface area contributed by atoms with Gasteiger partial charge in [0, 0.05) is 17.0 Å². The molecule has 3 rings (SSSR count). The van der Waals surface area contributed by atoms with Gasteiger partial charge in [0.25, 0.3) is 0 Å². The van der Waals surface area contributed by atoms with Crippen molar-refractivity contribution in [1.29, 1.82) is 0 Å². The van der Waals surface area contributed by atoms with E-state index >= 15 is 0 Å². The number of aryl methyl sites for hydroxylation is 1. The van der Waals surface area contributed by atoms with Crippen LogP contribution >= 0.6 is 0 Å². The van der Waals surface area contributed by atoms with Crippen LogP contribution in [0.25, 0.3) is 11.0 Å². The highest BCUT2D eigenvalue weighted by atomic mass is 16.3. The number of nitrogens with one attached hydrogen (secondary N) is 1. The predicted molar refractivity (Wildman–Crippen MR) is 88.6 cm³/mol. The molecular weight excluding hydrogens is 258 g/mol. The highest BCUT2D eigenvalue weighted by Crippen LogP contribution is 2.32. The Bertz CT molecular complexity index is 601. The zero-order valence-corrected chi connectivity index (χ0v) is 13.5. The van der Waals surface area contributed by atoms with E-state index < -0.39 is 0 Å². The minimum atomic E-state index is 0.294. The topological polar surface area (TPSA) is 25.2 Å². The van der Waals surface area contributed by atoms with Crippen LogP contribution in [0.15, 0.2) is 28.7 Å². The number of benzene rings is 1. The van der Waals surface area contributed by atoms with Crippen LogP contribution in [0.2, 0.25) is 0 Å². The van der Waals surface area contributed by atoms with Crippen LogP contribution < -0.4 is 5.32 Å². The van der Waals surface area contributed by atoms with Crippen molar-refractivity contribution in [2.75, 3.05) is 0 Å². The lowest BCUT2D eigenvalue weighted by Crippen LogP contribution is -2.35. The first-order valence-corrected chi connectivity index (χ1v) is 8.45. The average molecular weight is 285 g/mol. The second kappa shape index (κ2) is 6.23. The Balaban J connectivity index is 1.82. The highest BCUT2D eigenvalue weighted by molar-refractivity contribution is 5.82. The van der Waals surface area contributed by atoms with Crippen LogP contribution in [0.4, 0.5) is 0 Å². The first-order chi connectivity index (χ1) is 10.2. The van der Waals surface area contributed by atoms with Crippen molar-refractivity contribution < 1.29 is 4.42 Å². The Morgan fingerprint density at radius 1 is 1.29 bits per heavy atom. The molecule has 2 heteroatoms. The van der Waals surface area contributed by atoms with E-state index in [-0.39, 0.29) is 0 Å². The third kappa shape index (κ3) is 3.01. The van der Waals surface area contributed by atoms with Crippen molar-refractivity contribution in [2.45, 2.75) is 65.0 Å². The standard InChI is InChI=1S/C19H27NO/c1-4-16-17-10-5-6-11-18(17)21-19(16)14(3)20-15-9-7-8-13(2)12-15/h5-6,10-11,13-15,20H,4,7-9,12H2,1-3H3. The van der Waals surface area contributed by atoms with Crippen LogP contribution in [0.1, 0.15) is 63.8 Å². The van der Waals surface area contributed by atoms with Gasteiger partial charge < -0.3 is 9.73 Å². The molecule has 0 spiro atoms. The lowest BCUT2D eigenvalue weighted by Gasteiger charge is -2.29. The molecule has 1 aliphatic carbocycles. The molecule has 1 N–H and O–H groups in total. The maximum atomic E-state index is 6.16. The number of hydrogen-bond donors (Lipinski definition) is 1. The molecule has 114 valence electrons. The fourth-order valence-corrected chi connectivity index (χ4v) is 3.85. The fraction of sp³-hybridized carbons (Fsp3) is 0.579. The van der Waals surface area contributed by atoms with E-state index in [9.17, 15) is 0 Å². The van der Waals surface area contributed by atoms with Crippen LogP contribution in [0, 0.1) is 5.92 Å². The molecule has 3 unspecified atom stereocenters. The molecule has 1 fully saturated rings. The molecule has 2 nitrogen and oxygen atoms in total. The number of hydrogen-bond acceptors (Lipinski definition) is 2. The largest absolute Gasteiger partial charge is 0.459 e. The molecule has 0 aliphatic heterocycles. The molecule has 1 saturated carbocycles. The van der Waals surface area contributed by atoms with Gasteiger partial charge >= 0.3 is 0 Å². The lowest BCUT2D eigenvalue weighted by atomic mass is 9.86. The summed E-state index contributed by atoms with van der Waals surface area (Å²) in [5, 5.41) is 5.09. The average Bonchev–Trinajstić information content (AvgIpc) is 2.86. The number of fused-ring (bicyclic) bond motifs is 1. The van der Waals surface area contributed by atoms with Gasteiger partial charge in [-0.25, -0.2) is 0 Å². The quantitative estimate of drug-likeness (QED) is 0.832. The van der Waals surface area contributed by atoms with Crippen LogP contribution in [-0.2, 0) is 6.42 Å². The molecule has 21 heavy (non-hydrogen) atoms. The molecule has 0 bridgehead atoms. The zero-order valence-electron chi connectivity index (χ0n) is 13.5. The van der Waals surface area contributed by atoms with Gasteiger partial charge in [-0.15, -0.1) is 0 Å². The van der Waals surface area contributed by atoms with Crippen LogP contribution in [-0.4, -0.2) is 6.04 Å². The van der Waals surface area contributed by atoms with Crippen molar-refractivity contribution in [2.24, 2.45) is 5.92 Å². The van der Waals surface area contributed by atoms with E-state index in [0.717, 1.165) is 23.7 Å². The van der Waals surface area contributed by atoms with Gasteiger partial charge in [-0.05, 0) is 38.2 Å². The Kier molecular flexibility index (Phi) is 4.34. The van der Waals surface area contributed by atoms with Crippen molar-refractivity contribution in [3.05, 3.63) is 35.6 Å². The third-order valence-corrected chi connectivity index (χ3v) is 4.90. The van der Waals surface area contributed by atoms with Gasteiger partial charge in [-0.1, -0.05) is 44.9 Å². The summed E-state index contributed by atoms with van der Waals surface area (Å²) in [7, 11) is 0. The molecule has 1 aromatic heterocycles. The van der Waals surface area contributed by atoms with E-state index in [0.29, 0.717) is 12.1 Å². The minimum absolute atomic E-state index is 0.294. The SMILES string of the molecule is CCc1c(C(C)NC2CCCC(C)C2)oc2ccccc12. The molecule has 0 amide bonds. The van der Waals surface area contributed by atoms with Crippen LogP contribution in [0.3, 0.4) is 0 Å². The third-order valence-electron chi connectivity index (χ3n) is 4.90. The predicted octanol–water partition coefficient (Wildman–Crippen LogP) is 5.22. The first kappa shape index (κ1) is 14.6. The summed E-state index contributed by atoms with van der Waals surface area (Å²) in [6.45, 7) is 6.84. The molecule has 3 atom stereocenters. The normalized spacial score (nSPS) is 24.3. The monoisotopic (exact) mass is 285 g/mol. The van der Waals surface area contributed by atoms with Crippen LogP contribution in [0.5, 0.6) is 0 Å². The Morgan fingerprint density at radius 2 is 2.10 bits per heavy atom. The van der Waals surface area contributed by atoms with Gasteiger partial charge in [-0.2, -0.15) is 0 Å². The molecule has 0 saturated heterocycles. The number of furan rings is 1. The summed E-state index contributed by atoms with van der Waals surface area (Å²) in [5.74, 6) is 1.99. The van der Waals surface area contributed by atoms with E-state index in [2.05, 4.69) is 50.4 Å². The second-order valence-electron chi connectivity index (χ2n) is 6.65. The molecule has 0 radical (unpaired) electrons. The molecule has 1 heterocycles. The minimum Gasteiger partial charge on any atom is -0.459 e. The summed E-state index contributed by atoms with van der Waals surface area (Å²) < 4.78 is 6.16. The van der Waals surface area contributed by atoms with Crippen molar-refractivity contribution >= 4 is 11.0 Å². The van der Waals surface area contributed by atoms with Gasteiger partial charge in [-0.3, -0.25) is 0 Å². The Hall–Kier alpha value is -1.28. The summed E-state index contributed by atoms with van der Waals surface area (Å²) in [6, 6.07) is 9.34. The summed E-state index contributed by atoms with van der Waals surface area (Å²) in [5.41, 5.74) is 2.39. The Labute approximate surface area is 127 Å². The van der Waals surface area contributed by atoms with Gasteiger partial charge in [0.1, 0.15) is 11.3 Å². The van der Waals surface area contributed by atoms with Gasteiger partial charge in [0.15, 0.2) is 0 Å². The van der Waals surface area contributed by atoms with E-state index in [1.807, 2.05) is 0 Å². The zero-order chi connectivity index (χ0) is 14.8. The number of para-hydroxylation sites is 1. The van der Waals surface area contributed by atoms with Gasteiger partial charge in [0.05, 0.1) is 6.04 Å². The van der Waals surface area contributed by atoms with Crippen molar-refractivity contribution in [1.82, 2.24) is 5.32 Å². The van der Waals surface area contributed by atoms with Crippen molar-refractivity contribution in [3.8, 4) is 0 Å². The fourth-order valence-electron chi connectivity index (χ4n) is 3.85. The first-order valence-electron chi connectivity index (χ1n) is 8.45. The van der Waals surface area contributed by atoms with E-state index in [1.54, 1.807) is 0 Å². The summed E-state index contributed by atoms with van der Waals surface area (Å²) >= 11 is 0. The van der Waals surface area contributed by atoms with Crippen molar-refractivity contribution in [3.63, 3.8) is 0 Å². The maximum absolute atomic E-state index is 6.16. The molecular formula is C19H27NO.